The molecule has 0 spiro atoms. The van der Waals surface area contributed by atoms with Gasteiger partial charge in [0, 0.05) is 31.0 Å². The summed E-state index contributed by atoms with van der Waals surface area (Å²) >= 11 is 0. The third kappa shape index (κ3) is 4.75. The molecule has 0 saturated heterocycles. The Morgan fingerprint density at radius 1 is 1.15 bits per heavy atom. The van der Waals surface area contributed by atoms with Gasteiger partial charge in [0.1, 0.15) is 29.7 Å². The Morgan fingerprint density at radius 3 is 2.50 bits per heavy atom. The number of nitrogens with zero attached hydrogens (tertiary/aromatic N) is 2. The van der Waals surface area contributed by atoms with Gasteiger partial charge in [-0.1, -0.05) is 18.2 Å². The molecule has 9 heteroatoms. The zero-order valence-corrected chi connectivity index (χ0v) is 19.8. The number of nitrogens with one attached hydrogen (secondary N) is 1. The molecule has 0 unspecified atom stereocenters. The highest BCUT2D eigenvalue weighted by molar-refractivity contribution is 5.92. The standard InChI is InChI=1S/C25H28F3N3O3/c1-14(16-7-6-8-18(22(16)26)24(3,27)28)29-23-17-11-21(34-13-25(33-5)9-10-25)20(32-4)12-19(17)30-15(2)31-23/h6-8,11-12,14H,9-10,13H2,1-5H3,(H,29,30,31)/t14-/m1/s1. The van der Waals surface area contributed by atoms with E-state index in [9.17, 15) is 13.2 Å². The van der Waals surface area contributed by atoms with Crippen molar-refractivity contribution in [3.05, 3.63) is 53.1 Å². The largest absolute Gasteiger partial charge is 0.493 e. The summed E-state index contributed by atoms with van der Waals surface area (Å²) in [5, 5.41) is 3.80. The summed E-state index contributed by atoms with van der Waals surface area (Å²) < 4.78 is 59.6. The fraction of sp³-hybridized carbons (Fsp3) is 0.440. The third-order valence-corrected chi connectivity index (χ3v) is 6.15. The highest BCUT2D eigenvalue weighted by atomic mass is 19.3. The molecule has 1 atom stereocenters. The number of alkyl halides is 2. The van der Waals surface area contributed by atoms with Crippen molar-refractivity contribution in [1.82, 2.24) is 9.97 Å². The topological polar surface area (TPSA) is 65.5 Å². The number of halogens is 3. The predicted octanol–water partition coefficient (Wildman–Crippen LogP) is 5.93. The molecule has 4 rings (SSSR count). The number of hydrogen-bond acceptors (Lipinski definition) is 6. The Morgan fingerprint density at radius 2 is 1.88 bits per heavy atom. The van der Waals surface area contributed by atoms with Gasteiger partial charge in [0.2, 0.25) is 0 Å². The summed E-state index contributed by atoms with van der Waals surface area (Å²) in [6.07, 6.45) is 1.85. The zero-order chi connectivity index (χ0) is 24.7. The van der Waals surface area contributed by atoms with E-state index in [1.165, 1.54) is 12.1 Å². The van der Waals surface area contributed by atoms with E-state index in [0.29, 0.717) is 47.6 Å². The van der Waals surface area contributed by atoms with Crippen LogP contribution in [0.5, 0.6) is 11.5 Å². The second-order valence-electron chi connectivity index (χ2n) is 8.78. The van der Waals surface area contributed by atoms with Crippen LogP contribution in [0.15, 0.2) is 30.3 Å². The van der Waals surface area contributed by atoms with Gasteiger partial charge in [0.15, 0.2) is 11.5 Å². The number of rotatable bonds is 9. The number of ether oxygens (including phenoxy) is 3. The number of hydrogen-bond donors (Lipinski definition) is 1. The average molecular weight is 476 g/mol. The van der Waals surface area contributed by atoms with Gasteiger partial charge in [0.05, 0.1) is 24.2 Å². The van der Waals surface area contributed by atoms with Crippen LogP contribution in [0, 0.1) is 12.7 Å². The van der Waals surface area contributed by atoms with E-state index in [1.54, 1.807) is 40.2 Å². The van der Waals surface area contributed by atoms with Crippen molar-refractivity contribution >= 4 is 16.7 Å². The van der Waals surface area contributed by atoms with Crippen molar-refractivity contribution in [3.8, 4) is 11.5 Å². The van der Waals surface area contributed by atoms with E-state index >= 15 is 0 Å². The molecule has 1 N–H and O–H groups in total. The molecule has 2 aromatic carbocycles. The minimum Gasteiger partial charge on any atom is -0.493 e. The highest BCUT2D eigenvalue weighted by Gasteiger charge is 2.44. The van der Waals surface area contributed by atoms with Gasteiger partial charge in [-0.3, -0.25) is 0 Å². The molecule has 0 radical (unpaired) electrons. The van der Waals surface area contributed by atoms with Crippen molar-refractivity contribution in [2.24, 2.45) is 0 Å². The molecule has 182 valence electrons. The molecular weight excluding hydrogens is 447 g/mol. The Balaban J connectivity index is 1.70. The van der Waals surface area contributed by atoms with Gasteiger partial charge in [-0.05, 0) is 32.8 Å². The van der Waals surface area contributed by atoms with Crippen molar-refractivity contribution in [1.29, 1.82) is 0 Å². The van der Waals surface area contributed by atoms with E-state index in [1.807, 2.05) is 0 Å². The summed E-state index contributed by atoms with van der Waals surface area (Å²) in [4.78, 5) is 8.97. The minimum atomic E-state index is -3.29. The lowest BCUT2D eigenvalue weighted by molar-refractivity contribution is 0.0136. The van der Waals surface area contributed by atoms with E-state index in [2.05, 4.69) is 15.3 Å². The SMILES string of the molecule is COc1cc2nc(C)nc(N[C@H](C)c3cccc(C(C)(F)F)c3F)c2cc1OCC1(OC)CC1. The van der Waals surface area contributed by atoms with E-state index in [0.717, 1.165) is 18.9 Å². The second-order valence-corrected chi connectivity index (χ2v) is 8.78. The molecule has 1 saturated carbocycles. The summed E-state index contributed by atoms with van der Waals surface area (Å²) in [7, 11) is 3.21. The second kappa shape index (κ2) is 8.94. The van der Waals surface area contributed by atoms with Crippen LogP contribution in [0.2, 0.25) is 0 Å². The molecule has 1 aromatic heterocycles. The van der Waals surface area contributed by atoms with Crippen LogP contribution < -0.4 is 14.8 Å². The molecule has 6 nitrogen and oxygen atoms in total. The lowest BCUT2D eigenvalue weighted by Crippen LogP contribution is -2.21. The van der Waals surface area contributed by atoms with Crippen molar-refractivity contribution < 1.29 is 27.4 Å². The maximum absolute atomic E-state index is 14.9. The first kappa shape index (κ1) is 24.1. The fourth-order valence-electron chi connectivity index (χ4n) is 3.90. The van der Waals surface area contributed by atoms with Gasteiger partial charge in [-0.25, -0.2) is 23.1 Å². The van der Waals surface area contributed by atoms with E-state index in [-0.39, 0.29) is 11.2 Å². The normalized spacial score (nSPS) is 15.8. The Kier molecular flexibility index (Phi) is 6.33. The number of aromatic nitrogens is 2. The first-order valence-electron chi connectivity index (χ1n) is 11.0. The van der Waals surface area contributed by atoms with Crippen LogP contribution >= 0.6 is 0 Å². The van der Waals surface area contributed by atoms with Crippen LogP contribution in [0.4, 0.5) is 19.0 Å². The Hall–Kier alpha value is -3.07. The van der Waals surface area contributed by atoms with E-state index in [4.69, 9.17) is 14.2 Å². The monoisotopic (exact) mass is 475 g/mol. The summed E-state index contributed by atoms with van der Waals surface area (Å²) in [6.45, 7) is 4.48. The molecule has 1 heterocycles. The van der Waals surface area contributed by atoms with Crippen LogP contribution in [0.25, 0.3) is 10.9 Å². The van der Waals surface area contributed by atoms with E-state index < -0.39 is 23.3 Å². The van der Waals surface area contributed by atoms with Crippen LogP contribution in [-0.2, 0) is 10.7 Å². The zero-order valence-electron chi connectivity index (χ0n) is 19.8. The lowest BCUT2D eigenvalue weighted by atomic mass is 10.0. The Labute approximate surface area is 196 Å². The van der Waals surface area contributed by atoms with Crippen molar-refractivity contribution in [3.63, 3.8) is 0 Å². The van der Waals surface area contributed by atoms with Gasteiger partial charge in [-0.2, -0.15) is 0 Å². The molecular formula is C25H28F3N3O3. The minimum absolute atomic E-state index is 0.115. The van der Waals surface area contributed by atoms with Crippen molar-refractivity contribution in [2.45, 2.75) is 51.2 Å². The maximum Gasteiger partial charge on any atom is 0.273 e. The maximum atomic E-state index is 14.9. The quantitative estimate of drug-likeness (QED) is 0.414. The van der Waals surface area contributed by atoms with Crippen molar-refractivity contribution in [2.75, 3.05) is 26.1 Å². The summed E-state index contributed by atoms with van der Waals surface area (Å²) in [5.41, 5.74) is -0.198. The smallest absolute Gasteiger partial charge is 0.273 e. The van der Waals surface area contributed by atoms with Gasteiger partial charge >= 0.3 is 0 Å². The number of methoxy groups -OCH3 is 2. The molecule has 3 aromatic rings. The van der Waals surface area contributed by atoms with Crippen LogP contribution in [0.3, 0.4) is 0 Å². The molecule has 0 bridgehead atoms. The van der Waals surface area contributed by atoms with Crippen LogP contribution in [-0.4, -0.2) is 36.4 Å². The molecule has 34 heavy (non-hydrogen) atoms. The number of anilines is 1. The third-order valence-electron chi connectivity index (χ3n) is 6.15. The molecule has 1 fully saturated rings. The number of fused-ring (bicyclic) bond motifs is 1. The number of benzene rings is 2. The Bertz CT molecular complexity index is 1210. The molecule has 1 aliphatic rings. The highest BCUT2D eigenvalue weighted by Crippen LogP contribution is 2.41. The van der Waals surface area contributed by atoms with Gasteiger partial charge in [-0.15, -0.1) is 0 Å². The van der Waals surface area contributed by atoms with Gasteiger partial charge < -0.3 is 19.5 Å². The summed E-state index contributed by atoms with van der Waals surface area (Å²) in [5.74, 6) is -2.29. The lowest BCUT2D eigenvalue weighted by Gasteiger charge is -2.21. The fourth-order valence-corrected chi connectivity index (χ4v) is 3.90. The predicted molar refractivity (Wildman–Crippen MR) is 123 cm³/mol. The average Bonchev–Trinajstić information content (AvgIpc) is 3.57. The molecule has 0 amide bonds. The molecule has 1 aliphatic carbocycles. The summed E-state index contributed by atoms with van der Waals surface area (Å²) in [6, 6.07) is 6.87. The first-order chi connectivity index (χ1) is 16.1. The van der Waals surface area contributed by atoms with Crippen LogP contribution in [0.1, 0.15) is 49.7 Å². The molecule has 0 aliphatic heterocycles. The first-order valence-corrected chi connectivity index (χ1v) is 11.0. The van der Waals surface area contributed by atoms with Gasteiger partial charge in [0.25, 0.3) is 5.92 Å². The number of aryl methyl sites for hydroxylation is 1.